The van der Waals surface area contributed by atoms with Gasteiger partial charge in [-0.3, -0.25) is 14.6 Å². The SMILES string of the molecule is Cc1cccc(CN2CCN(CCNC(=O)C(C)c3cnc(-c4ccccc4)[nH]3)CC2)c1. The van der Waals surface area contributed by atoms with Gasteiger partial charge in [-0.15, -0.1) is 0 Å². The molecule has 32 heavy (non-hydrogen) atoms. The molecule has 0 bridgehead atoms. The first-order valence-electron chi connectivity index (χ1n) is 11.5. The van der Waals surface area contributed by atoms with Crippen molar-refractivity contribution in [2.75, 3.05) is 39.3 Å². The monoisotopic (exact) mass is 431 g/mol. The maximum absolute atomic E-state index is 12.6. The molecule has 2 aromatic carbocycles. The summed E-state index contributed by atoms with van der Waals surface area (Å²) in [4.78, 5) is 25.3. The van der Waals surface area contributed by atoms with Crippen molar-refractivity contribution in [1.82, 2.24) is 25.1 Å². The Bertz CT molecular complexity index is 1010. The second-order valence-corrected chi connectivity index (χ2v) is 8.67. The van der Waals surface area contributed by atoms with E-state index in [1.807, 2.05) is 37.3 Å². The van der Waals surface area contributed by atoms with E-state index in [2.05, 4.69) is 56.3 Å². The number of amides is 1. The van der Waals surface area contributed by atoms with E-state index in [0.29, 0.717) is 6.54 Å². The largest absolute Gasteiger partial charge is 0.354 e. The van der Waals surface area contributed by atoms with Gasteiger partial charge >= 0.3 is 0 Å². The van der Waals surface area contributed by atoms with Crippen LogP contribution in [0, 0.1) is 6.92 Å². The number of nitrogens with zero attached hydrogens (tertiary/aromatic N) is 3. The van der Waals surface area contributed by atoms with Gasteiger partial charge in [-0.25, -0.2) is 4.98 Å². The van der Waals surface area contributed by atoms with Gasteiger partial charge in [0.25, 0.3) is 0 Å². The molecule has 6 nitrogen and oxygen atoms in total. The molecule has 1 unspecified atom stereocenters. The van der Waals surface area contributed by atoms with E-state index < -0.39 is 0 Å². The average Bonchev–Trinajstić information content (AvgIpc) is 3.31. The summed E-state index contributed by atoms with van der Waals surface area (Å²) >= 11 is 0. The van der Waals surface area contributed by atoms with Gasteiger partial charge in [0, 0.05) is 63.3 Å². The number of hydrogen-bond donors (Lipinski definition) is 2. The molecule has 168 valence electrons. The van der Waals surface area contributed by atoms with Crippen LogP contribution < -0.4 is 5.32 Å². The van der Waals surface area contributed by atoms with Crippen LogP contribution in [0.5, 0.6) is 0 Å². The summed E-state index contributed by atoms with van der Waals surface area (Å²) in [6.45, 7) is 10.8. The third-order valence-electron chi connectivity index (χ3n) is 6.18. The van der Waals surface area contributed by atoms with Gasteiger partial charge in [0.1, 0.15) is 5.82 Å². The quantitative estimate of drug-likeness (QED) is 0.574. The molecule has 1 aliphatic heterocycles. The Kier molecular flexibility index (Phi) is 7.35. The molecule has 2 N–H and O–H groups in total. The average molecular weight is 432 g/mol. The molecule has 1 atom stereocenters. The van der Waals surface area contributed by atoms with Crippen LogP contribution in [0.25, 0.3) is 11.4 Å². The Hall–Kier alpha value is -2.96. The molecule has 1 saturated heterocycles. The molecule has 2 heterocycles. The molecule has 4 rings (SSSR count). The number of aromatic nitrogens is 2. The number of carbonyl (C=O) groups is 1. The van der Waals surface area contributed by atoms with Crippen molar-refractivity contribution < 1.29 is 4.79 Å². The van der Waals surface area contributed by atoms with Crippen molar-refractivity contribution in [3.8, 4) is 11.4 Å². The highest BCUT2D eigenvalue weighted by Gasteiger charge is 2.20. The van der Waals surface area contributed by atoms with E-state index in [4.69, 9.17) is 0 Å². The van der Waals surface area contributed by atoms with Crippen LogP contribution in [0.1, 0.15) is 29.7 Å². The lowest BCUT2D eigenvalue weighted by Gasteiger charge is -2.34. The van der Waals surface area contributed by atoms with Crippen LogP contribution in [0.15, 0.2) is 60.8 Å². The van der Waals surface area contributed by atoms with Crippen molar-refractivity contribution in [3.63, 3.8) is 0 Å². The smallest absolute Gasteiger partial charge is 0.228 e. The number of carbonyl (C=O) groups excluding carboxylic acids is 1. The predicted octanol–water partition coefficient (Wildman–Crippen LogP) is 3.42. The fourth-order valence-electron chi connectivity index (χ4n) is 4.17. The molecule has 0 aliphatic carbocycles. The molecule has 0 saturated carbocycles. The zero-order valence-corrected chi connectivity index (χ0v) is 19.1. The van der Waals surface area contributed by atoms with Crippen LogP contribution in [-0.2, 0) is 11.3 Å². The number of aryl methyl sites for hydroxylation is 1. The minimum atomic E-state index is -0.258. The molecule has 3 aromatic rings. The lowest BCUT2D eigenvalue weighted by atomic mass is 10.1. The van der Waals surface area contributed by atoms with Crippen molar-refractivity contribution in [2.45, 2.75) is 26.3 Å². The maximum Gasteiger partial charge on any atom is 0.228 e. The topological polar surface area (TPSA) is 64.3 Å². The van der Waals surface area contributed by atoms with Crippen molar-refractivity contribution in [1.29, 1.82) is 0 Å². The fourth-order valence-corrected chi connectivity index (χ4v) is 4.17. The van der Waals surface area contributed by atoms with E-state index in [9.17, 15) is 4.79 Å². The van der Waals surface area contributed by atoms with Crippen LogP contribution in [0.3, 0.4) is 0 Å². The van der Waals surface area contributed by atoms with E-state index >= 15 is 0 Å². The summed E-state index contributed by atoms with van der Waals surface area (Å²) < 4.78 is 0. The van der Waals surface area contributed by atoms with Gasteiger partial charge in [0.2, 0.25) is 5.91 Å². The summed E-state index contributed by atoms with van der Waals surface area (Å²) in [7, 11) is 0. The first-order chi connectivity index (χ1) is 15.6. The Balaban J connectivity index is 1.18. The summed E-state index contributed by atoms with van der Waals surface area (Å²) in [6.07, 6.45) is 1.76. The number of piperazine rings is 1. The highest BCUT2D eigenvalue weighted by molar-refractivity contribution is 5.82. The van der Waals surface area contributed by atoms with Gasteiger partial charge in [0.05, 0.1) is 5.92 Å². The zero-order chi connectivity index (χ0) is 22.3. The zero-order valence-electron chi connectivity index (χ0n) is 19.1. The van der Waals surface area contributed by atoms with Crippen molar-refractivity contribution >= 4 is 5.91 Å². The lowest BCUT2D eigenvalue weighted by Crippen LogP contribution is -2.48. The van der Waals surface area contributed by atoms with Crippen molar-refractivity contribution in [2.24, 2.45) is 0 Å². The maximum atomic E-state index is 12.6. The first kappa shape index (κ1) is 22.2. The first-order valence-corrected chi connectivity index (χ1v) is 11.5. The van der Waals surface area contributed by atoms with Gasteiger partial charge in [0.15, 0.2) is 0 Å². The second-order valence-electron chi connectivity index (χ2n) is 8.67. The fraction of sp³-hybridized carbons (Fsp3) is 0.385. The van der Waals surface area contributed by atoms with Crippen molar-refractivity contribution in [3.05, 3.63) is 77.6 Å². The molecule has 6 heteroatoms. The molecule has 0 radical (unpaired) electrons. The summed E-state index contributed by atoms with van der Waals surface area (Å²) in [5, 5.41) is 3.09. The van der Waals surface area contributed by atoms with E-state index in [1.54, 1.807) is 6.20 Å². The molecule has 1 amide bonds. The van der Waals surface area contributed by atoms with Crippen LogP contribution in [-0.4, -0.2) is 64.9 Å². The van der Waals surface area contributed by atoms with Crippen LogP contribution in [0.2, 0.25) is 0 Å². The third-order valence-corrected chi connectivity index (χ3v) is 6.18. The van der Waals surface area contributed by atoms with E-state index in [-0.39, 0.29) is 11.8 Å². The molecule has 1 aliphatic rings. The highest BCUT2D eigenvalue weighted by Crippen LogP contribution is 2.19. The molecule has 1 fully saturated rings. The third kappa shape index (κ3) is 5.84. The number of imidazole rings is 1. The number of H-pyrrole nitrogens is 1. The Morgan fingerprint density at radius 1 is 1.06 bits per heavy atom. The number of hydrogen-bond acceptors (Lipinski definition) is 4. The summed E-state index contributed by atoms with van der Waals surface area (Å²) in [5.74, 6) is 0.571. The Morgan fingerprint density at radius 2 is 1.81 bits per heavy atom. The number of rotatable bonds is 8. The van der Waals surface area contributed by atoms with Crippen LogP contribution >= 0.6 is 0 Å². The Morgan fingerprint density at radius 3 is 2.56 bits per heavy atom. The normalized spacial score (nSPS) is 16.1. The second kappa shape index (κ2) is 10.6. The number of aromatic amines is 1. The van der Waals surface area contributed by atoms with Gasteiger partial charge < -0.3 is 10.3 Å². The molecular formula is C26H33N5O. The predicted molar refractivity (Wildman–Crippen MR) is 128 cm³/mol. The van der Waals surface area contributed by atoms with E-state index in [0.717, 1.165) is 56.4 Å². The molecular weight excluding hydrogens is 398 g/mol. The van der Waals surface area contributed by atoms with Gasteiger partial charge in [-0.1, -0.05) is 60.2 Å². The molecule has 1 aromatic heterocycles. The van der Waals surface area contributed by atoms with E-state index in [1.165, 1.54) is 11.1 Å². The summed E-state index contributed by atoms with van der Waals surface area (Å²) in [5.41, 5.74) is 4.56. The van der Waals surface area contributed by atoms with Gasteiger partial charge in [-0.05, 0) is 19.4 Å². The number of nitrogens with one attached hydrogen (secondary N) is 2. The minimum Gasteiger partial charge on any atom is -0.354 e. The summed E-state index contributed by atoms with van der Waals surface area (Å²) in [6, 6.07) is 18.7. The standard InChI is InChI=1S/C26H33N5O/c1-20-7-6-8-22(17-20)19-31-15-13-30(14-16-31)12-11-27-26(32)21(2)24-18-28-25(29-24)23-9-4-3-5-10-23/h3-10,17-18,21H,11-16,19H2,1-2H3,(H,27,32)(H,28,29). The minimum absolute atomic E-state index is 0.0337. The van der Waals surface area contributed by atoms with Gasteiger partial charge in [-0.2, -0.15) is 0 Å². The Labute approximate surface area is 190 Å². The lowest BCUT2D eigenvalue weighted by molar-refractivity contribution is -0.122. The number of benzene rings is 2. The highest BCUT2D eigenvalue weighted by atomic mass is 16.1. The molecule has 0 spiro atoms. The van der Waals surface area contributed by atoms with Crippen LogP contribution in [0.4, 0.5) is 0 Å².